The van der Waals surface area contributed by atoms with E-state index in [1.807, 2.05) is 30.3 Å². The Labute approximate surface area is 164 Å². The van der Waals surface area contributed by atoms with Crippen LogP contribution in [-0.4, -0.2) is 38.7 Å². The molecule has 0 aliphatic rings. The molecule has 28 heavy (non-hydrogen) atoms. The molecule has 148 valence electrons. The van der Waals surface area contributed by atoms with E-state index in [1.165, 1.54) is 31.2 Å². The maximum absolute atomic E-state index is 12.4. The van der Waals surface area contributed by atoms with Gasteiger partial charge in [-0.15, -0.1) is 0 Å². The number of anilines is 1. The molecule has 0 heterocycles. The Morgan fingerprint density at radius 2 is 1.79 bits per heavy atom. The van der Waals surface area contributed by atoms with Crippen molar-refractivity contribution < 1.29 is 23.1 Å². The second kappa shape index (κ2) is 10.5. The highest BCUT2D eigenvalue weighted by molar-refractivity contribution is 7.89. The average molecular weight is 402 g/mol. The fourth-order valence-electron chi connectivity index (χ4n) is 2.23. The molecule has 0 aliphatic heterocycles. The predicted octanol–water partition coefficient (Wildman–Crippen LogP) is 1.76. The molecular formula is C20H22N2O5S. The van der Waals surface area contributed by atoms with E-state index in [4.69, 9.17) is 4.74 Å². The van der Waals surface area contributed by atoms with Gasteiger partial charge < -0.3 is 15.2 Å². The Balaban J connectivity index is 1.90. The van der Waals surface area contributed by atoms with Gasteiger partial charge in [-0.25, -0.2) is 13.1 Å². The van der Waals surface area contributed by atoms with Gasteiger partial charge in [-0.3, -0.25) is 4.79 Å². The lowest BCUT2D eigenvalue weighted by Crippen LogP contribution is -2.37. The van der Waals surface area contributed by atoms with E-state index in [0.29, 0.717) is 11.4 Å². The van der Waals surface area contributed by atoms with Crippen LogP contribution in [-0.2, 0) is 14.8 Å². The average Bonchev–Trinajstić information content (AvgIpc) is 2.67. The zero-order valence-corrected chi connectivity index (χ0v) is 16.2. The lowest BCUT2D eigenvalue weighted by Gasteiger charge is -2.14. The largest absolute Gasteiger partial charge is 0.481 e. The quantitative estimate of drug-likeness (QED) is 0.584. The van der Waals surface area contributed by atoms with Crippen molar-refractivity contribution >= 4 is 21.6 Å². The number of amides is 1. The van der Waals surface area contributed by atoms with Crippen molar-refractivity contribution in [3.05, 3.63) is 54.6 Å². The molecule has 2 aromatic rings. The van der Waals surface area contributed by atoms with Crippen LogP contribution in [0, 0.1) is 11.8 Å². The highest BCUT2D eigenvalue weighted by Gasteiger charge is 2.19. The van der Waals surface area contributed by atoms with Gasteiger partial charge in [0, 0.05) is 19.0 Å². The van der Waals surface area contributed by atoms with Crippen molar-refractivity contribution in [2.24, 2.45) is 0 Å². The molecule has 0 radical (unpaired) electrons. The number of aliphatic hydroxyl groups is 1. The van der Waals surface area contributed by atoms with Gasteiger partial charge >= 0.3 is 0 Å². The number of carbonyl (C=O) groups is 1. The summed E-state index contributed by atoms with van der Waals surface area (Å²) in [5.41, 5.74) is 0.495. The number of para-hydroxylation sites is 1. The molecule has 0 saturated heterocycles. The molecular weight excluding hydrogens is 380 g/mol. The smallest absolute Gasteiger partial charge is 0.240 e. The molecule has 2 aromatic carbocycles. The Kier molecular flexibility index (Phi) is 8.02. The van der Waals surface area contributed by atoms with Crippen molar-refractivity contribution in [3.63, 3.8) is 0 Å². The minimum atomic E-state index is -3.82. The van der Waals surface area contributed by atoms with E-state index < -0.39 is 22.7 Å². The van der Waals surface area contributed by atoms with Gasteiger partial charge in [0.05, 0.1) is 17.5 Å². The number of carbonyl (C=O) groups excluding carboxylic acids is 1. The number of ether oxygens (including phenoxy) is 1. The van der Waals surface area contributed by atoms with Crippen LogP contribution in [0.3, 0.4) is 0 Å². The summed E-state index contributed by atoms with van der Waals surface area (Å²) in [7, 11) is -3.82. The molecule has 1 amide bonds. The fourth-order valence-corrected chi connectivity index (χ4v) is 3.46. The first-order valence-electron chi connectivity index (χ1n) is 8.55. The van der Waals surface area contributed by atoms with E-state index in [2.05, 4.69) is 21.9 Å². The van der Waals surface area contributed by atoms with Crippen LogP contribution in [0.15, 0.2) is 59.5 Å². The molecule has 1 unspecified atom stereocenters. The first kappa shape index (κ1) is 21.4. The number of benzene rings is 2. The molecule has 0 aliphatic carbocycles. The van der Waals surface area contributed by atoms with Gasteiger partial charge in [0.2, 0.25) is 15.9 Å². The lowest BCUT2D eigenvalue weighted by molar-refractivity contribution is -0.114. The highest BCUT2D eigenvalue weighted by atomic mass is 32.2. The summed E-state index contributed by atoms with van der Waals surface area (Å²) < 4.78 is 32.7. The summed E-state index contributed by atoms with van der Waals surface area (Å²) in [6.45, 7) is 1.14. The van der Waals surface area contributed by atoms with Crippen LogP contribution in [0.2, 0.25) is 0 Å². The summed E-state index contributed by atoms with van der Waals surface area (Å²) in [6, 6.07) is 14.2. The van der Waals surface area contributed by atoms with Gasteiger partial charge in [0.15, 0.2) is 0 Å². The number of sulfonamides is 1. The van der Waals surface area contributed by atoms with E-state index in [0.717, 1.165) is 0 Å². The zero-order chi connectivity index (χ0) is 20.4. The van der Waals surface area contributed by atoms with Crippen molar-refractivity contribution in [2.45, 2.75) is 24.3 Å². The van der Waals surface area contributed by atoms with Gasteiger partial charge in [-0.2, -0.15) is 0 Å². The third-order valence-corrected chi connectivity index (χ3v) is 5.09. The van der Waals surface area contributed by atoms with Crippen molar-refractivity contribution in [1.29, 1.82) is 0 Å². The molecule has 0 saturated carbocycles. The molecule has 1 atom stereocenters. The summed E-state index contributed by atoms with van der Waals surface area (Å²) in [5.74, 6) is 6.04. The maximum Gasteiger partial charge on any atom is 0.240 e. The standard InChI is InChI=1S/C20H22N2O5S/c1-16(24)21-17-10-12-20(13-11-17)28(25,26)22-18(15-23)7-5-6-14-27-19-8-3-2-4-9-19/h2-4,8-13,18,22-23H,7,14-15H2,1H3,(H,21,24). The van der Waals surface area contributed by atoms with E-state index in [1.54, 1.807) is 0 Å². The van der Waals surface area contributed by atoms with Gasteiger partial charge in [0.25, 0.3) is 0 Å². The van der Waals surface area contributed by atoms with Crippen molar-refractivity contribution in [2.75, 3.05) is 18.5 Å². The molecule has 8 heteroatoms. The van der Waals surface area contributed by atoms with Gasteiger partial charge in [0.1, 0.15) is 12.4 Å². The second-order valence-corrected chi connectivity index (χ2v) is 7.58. The Bertz CT molecular complexity index is 932. The van der Waals surface area contributed by atoms with Crippen LogP contribution in [0.5, 0.6) is 5.75 Å². The minimum absolute atomic E-state index is 0.0282. The topological polar surface area (TPSA) is 105 Å². The lowest BCUT2D eigenvalue weighted by atomic mass is 10.2. The second-order valence-electron chi connectivity index (χ2n) is 5.87. The molecule has 3 N–H and O–H groups in total. The number of hydrogen-bond donors (Lipinski definition) is 3. The molecule has 2 rings (SSSR count). The maximum atomic E-state index is 12.4. The number of hydrogen-bond acceptors (Lipinski definition) is 5. The van der Waals surface area contributed by atoms with E-state index in [9.17, 15) is 18.3 Å². The van der Waals surface area contributed by atoms with E-state index >= 15 is 0 Å². The monoisotopic (exact) mass is 402 g/mol. The third-order valence-electron chi connectivity index (χ3n) is 3.55. The van der Waals surface area contributed by atoms with Gasteiger partial charge in [-0.05, 0) is 36.4 Å². The van der Waals surface area contributed by atoms with Crippen molar-refractivity contribution in [1.82, 2.24) is 4.72 Å². The number of aliphatic hydroxyl groups excluding tert-OH is 1. The Morgan fingerprint density at radius 3 is 2.39 bits per heavy atom. The van der Waals surface area contributed by atoms with E-state index in [-0.39, 0.29) is 23.8 Å². The molecule has 7 nitrogen and oxygen atoms in total. The third kappa shape index (κ3) is 7.04. The summed E-state index contributed by atoms with van der Waals surface area (Å²) in [6.07, 6.45) is 0.137. The minimum Gasteiger partial charge on any atom is -0.481 e. The SMILES string of the molecule is CC(=O)Nc1ccc(S(=O)(=O)NC(CO)CC#CCOc2ccccc2)cc1. The Morgan fingerprint density at radius 1 is 1.11 bits per heavy atom. The van der Waals surface area contributed by atoms with Crippen LogP contribution < -0.4 is 14.8 Å². The molecule has 0 aromatic heterocycles. The molecule has 0 spiro atoms. The first-order valence-corrected chi connectivity index (χ1v) is 10.0. The van der Waals surface area contributed by atoms with Gasteiger partial charge in [-0.1, -0.05) is 30.0 Å². The molecule has 0 fully saturated rings. The zero-order valence-electron chi connectivity index (χ0n) is 15.4. The number of nitrogens with one attached hydrogen (secondary N) is 2. The van der Waals surface area contributed by atoms with Crippen LogP contribution in [0.1, 0.15) is 13.3 Å². The van der Waals surface area contributed by atoms with Crippen LogP contribution in [0.4, 0.5) is 5.69 Å². The van der Waals surface area contributed by atoms with Crippen LogP contribution in [0.25, 0.3) is 0 Å². The normalized spacial score (nSPS) is 11.8. The predicted molar refractivity (Wildman–Crippen MR) is 106 cm³/mol. The Hall–Kier alpha value is -2.86. The summed E-state index contributed by atoms with van der Waals surface area (Å²) >= 11 is 0. The summed E-state index contributed by atoms with van der Waals surface area (Å²) in [5, 5.41) is 12.0. The molecule has 0 bridgehead atoms. The highest BCUT2D eigenvalue weighted by Crippen LogP contribution is 2.14. The first-order chi connectivity index (χ1) is 13.4. The number of rotatable bonds is 8. The van der Waals surface area contributed by atoms with Crippen LogP contribution >= 0.6 is 0 Å². The van der Waals surface area contributed by atoms with Crippen molar-refractivity contribution in [3.8, 4) is 17.6 Å². The fraction of sp³-hybridized carbons (Fsp3) is 0.250. The summed E-state index contributed by atoms with van der Waals surface area (Å²) in [4.78, 5) is 11.0.